The zero-order valence-corrected chi connectivity index (χ0v) is 8.72. The molecule has 2 rings (SSSR count). The van der Waals surface area contributed by atoms with Gasteiger partial charge in [0.05, 0.1) is 17.6 Å². The first-order valence-corrected chi connectivity index (χ1v) is 4.95. The Morgan fingerprint density at radius 2 is 2.27 bits per heavy atom. The smallest absolute Gasteiger partial charge is 0.0854 e. The number of halogens is 1. The fourth-order valence-corrected chi connectivity index (χ4v) is 1.46. The van der Waals surface area contributed by atoms with E-state index in [1.807, 2.05) is 12.1 Å². The molecule has 0 unspecified atom stereocenters. The summed E-state index contributed by atoms with van der Waals surface area (Å²) >= 11 is 5.86. The van der Waals surface area contributed by atoms with E-state index >= 15 is 0 Å². The van der Waals surface area contributed by atoms with Gasteiger partial charge in [0.15, 0.2) is 0 Å². The number of nitrogens with zero attached hydrogens (tertiary/aromatic N) is 3. The fourth-order valence-electron chi connectivity index (χ4n) is 1.27. The lowest BCUT2D eigenvalue weighted by atomic mass is 10.3. The Hall–Kier alpha value is -1.39. The van der Waals surface area contributed by atoms with Crippen LogP contribution in [0.1, 0.15) is 5.69 Å². The van der Waals surface area contributed by atoms with Crippen molar-refractivity contribution in [3.63, 3.8) is 0 Å². The molecular formula is C10H10ClN3O. The van der Waals surface area contributed by atoms with Crippen LogP contribution in [0.4, 0.5) is 0 Å². The van der Waals surface area contributed by atoms with Crippen molar-refractivity contribution >= 4 is 11.6 Å². The third kappa shape index (κ3) is 2.34. The minimum Gasteiger partial charge on any atom is -0.396 e. The minimum atomic E-state index is 0.0776. The number of aromatic nitrogens is 3. The number of rotatable bonds is 3. The molecule has 1 heterocycles. The molecule has 0 radical (unpaired) electrons. The topological polar surface area (TPSA) is 50.9 Å². The standard InChI is InChI=1S/C10H10ClN3O/c11-8-2-1-3-10(6-8)14-7-9(4-5-15)12-13-14/h1-3,6-7,15H,4-5H2. The summed E-state index contributed by atoms with van der Waals surface area (Å²) in [6.07, 6.45) is 2.29. The van der Waals surface area contributed by atoms with Crippen molar-refractivity contribution in [1.29, 1.82) is 0 Å². The van der Waals surface area contributed by atoms with Crippen LogP contribution in [0.25, 0.3) is 5.69 Å². The van der Waals surface area contributed by atoms with Crippen LogP contribution in [0.3, 0.4) is 0 Å². The van der Waals surface area contributed by atoms with Crippen LogP contribution in [0, 0.1) is 0 Å². The molecule has 0 amide bonds. The van der Waals surface area contributed by atoms with E-state index in [0.717, 1.165) is 11.4 Å². The van der Waals surface area contributed by atoms with Gasteiger partial charge in [-0.2, -0.15) is 0 Å². The Bertz CT molecular complexity index is 455. The van der Waals surface area contributed by atoms with Crippen LogP contribution in [0.2, 0.25) is 5.02 Å². The molecule has 78 valence electrons. The number of hydrogen-bond acceptors (Lipinski definition) is 3. The molecule has 0 aliphatic rings. The first-order chi connectivity index (χ1) is 7.29. The van der Waals surface area contributed by atoms with E-state index < -0.39 is 0 Å². The van der Waals surface area contributed by atoms with Crippen LogP contribution in [-0.2, 0) is 6.42 Å². The summed E-state index contributed by atoms with van der Waals surface area (Å²) in [6.45, 7) is 0.0776. The molecule has 0 atom stereocenters. The molecule has 4 nitrogen and oxygen atoms in total. The summed E-state index contributed by atoms with van der Waals surface area (Å²) in [5.41, 5.74) is 1.62. The molecule has 0 aliphatic carbocycles. The van der Waals surface area contributed by atoms with Crippen molar-refractivity contribution in [3.05, 3.63) is 41.2 Å². The largest absolute Gasteiger partial charge is 0.396 e. The van der Waals surface area contributed by atoms with Crippen LogP contribution in [-0.4, -0.2) is 26.7 Å². The molecule has 0 bridgehead atoms. The van der Waals surface area contributed by atoms with Gasteiger partial charge in [-0.3, -0.25) is 0 Å². The Labute approximate surface area is 92.1 Å². The van der Waals surface area contributed by atoms with Crippen molar-refractivity contribution in [2.45, 2.75) is 6.42 Å². The summed E-state index contributed by atoms with van der Waals surface area (Å²) in [5.74, 6) is 0. The SMILES string of the molecule is OCCc1cn(-c2cccc(Cl)c2)nn1. The first-order valence-electron chi connectivity index (χ1n) is 4.57. The molecular weight excluding hydrogens is 214 g/mol. The molecule has 2 aromatic rings. The Morgan fingerprint density at radius 1 is 1.40 bits per heavy atom. The van der Waals surface area contributed by atoms with Crippen LogP contribution < -0.4 is 0 Å². The zero-order valence-electron chi connectivity index (χ0n) is 7.97. The molecule has 1 aromatic carbocycles. The van der Waals surface area contributed by atoms with E-state index in [0.29, 0.717) is 11.4 Å². The monoisotopic (exact) mass is 223 g/mol. The molecule has 0 aliphatic heterocycles. The van der Waals surface area contributed by atoms with Crippen molar-refractivity contribution in [3.8, 4) is 5.69 Å². The van der Waals surface area contributed by atoms with Gasteiger partial charge in [0.25, 0.3) is 0 Å². The molecule has 0 saturated heterocycles. The second-order valence-corrected chi connectivity index (χ2v) is 3.54. The average Bonchev–Trinajstić information content (AvgIpc) is 2.67. The van der Waals surface area contributed by atoms with Gasteiger partial charge in [0.1, 0.15) is 0 Å². The highest BCUT2D eigenvalue weighted by atomic mass is 35.5. The second-order valence-electron chi connectivity index (χ2n) is 3.11. The molecule has 1 N–H and O–H groups in total. The van der Waals surface area contributed by atoms with Crippen molar-refractivity contribution < 1.29 is 5.11 Å². The maximum absolute atomic E-state index is 8.75. The van der Waals surface area contributed by atoms with Gasteiger partial charge < -0.3 is 5.11 Å². The van der Waals surface area contributed by atoms with Crippen molar-refractivity contribution in [2.24, 2.45) is 0 Å². The molecule has 0 spiro atoms. The highest BCUT2D eigenvalue weighted by molar-refractivity contribution is 6.30. The predicted octanol–water partition coefficient (Wildman–Crippen LogP) is 1.46. The summed E-state index contributed by atoms with van der Waals surface area (Å²) in [6, 6.07) is 7.35. The Kier molecular flexibility index (Phi) is 2.99. The van der Waals surface area contributed by atoms with E-state index in [4.69, 9.17) is 16.7 Å². The summed E-state index contributed by atoms with van der Waals surface area (Å²) in [5, 5.41) is 17.3. The Balaban J connectivity index is 2.29. The highest BCUT2D eigenvalue weighted by Gasteiger charge is 2.02. The molecule has 0 saturated carbocycles. The van der Waals surface area contributed by atoms with Crippen molar-refractivity contribution in [2.75, 3.05) is 6.61 Å². The lowest BCUT2D eigenvalue weighted by Gasteiger charge is -1.99. The van der Waals surface area contributed by atoms with Crippen LogP contribution in [0.5, 0.6) is 0 Å². The molecule has 15 heavy (non-hydrogen) atoms. The van der Waals surface area contributed by atoms with E-state index in [9.17, 15) is 0 Å². The van der Waals surface area contributed by atoms with E-state index in [-0.39, 0.29) is 6.61 Å². The van der Waals surface area contributed by atoms with Crippen LogP contribution >= 0.6 is 11.6 Å². The maximum atomic E-state index is 8.75. The predicted molar refractivity (Wildman–Crippen MR) is 57.2 cm³/mol. The normalized spacial score (nSPS) is 10.5. The third-order valence-corrected chi connectivity index (χ3v) is 2.22. The van der Waals surface area contributed by atoms with Gasteiger partial charge >= 0.3 is 0 Å². The fraction of sp³-hybridized carbons (Fsp3) is 0.200. The average molecular weight is 224 g/mol. The van der Waals surface area contributed by atoms with Gasteiger partial charge in [-0.1, -0.05) is 22.9 Å². The van der Waals surface area contributed by atoms with Gasteiger partial charge in [-0.05, 0) is 18.2 Å². The number of hydrogen-bond donors (Lipinski definition) is 1. The van der Waals surface area contributed by atoms with Gasteiger partial charge in [-0.15, -0.1) is 5.10 Å². The summed E-state index contributed by atoms with van der Waals surface area (Å²) in [7, 11) is 0. The van der Waals surface area contributed by atoms with E-state index in [1.54, 1.807) is 23.0 Å². The van der Waals surface area contributed by atoms with Gasteiger partial charge in [-0.25, -0.2) is 4.68 Å². The first kappa shape index (κ1) is 10.1. The van der Waals surface area contributed by atoms with Gasteiger partial charge in [0.2, 0.25) is 0 Å². The van der Waals surface area contributed by atoms with Crippen LogP contribution in [0.15, 0.2) is 30.5 Å². The summed E-state index contributed by atoms with van der Waals surface area (Å²) < 4.78 is 1.64. The number of aliphatic hydroxyl groups is 1. The quantitative estimate of drug-likeness (QED) is 0.857. The lowest BCUT2D eigenvalue weighted by Crippen LogP contribution is -1.94. The number of aliphatic hydroxyl groups excluding tert-OH is 1. The van der Waals surface area contributed by atoms with Crippen molar-refractivity contribution in [1.82, 2.24) is 15.0 Å². The molecule has 1 aromatic heterocycles. The zero-order chi connectivity index (χ0) is 10.7. The van der Waals surface area contributed by atoms with E-state index in [2.05, 4.69) is 10.3 Å². The van der Waals surface area contributed by atoms with E-state index in [1.165, 1.54) is 0 Å². The molecule has 5 heteroatoms. The molecule has 0 fully saturated rings. The second kappa shape index (κ2) is 4.42. The Morgan fingerprint density at radius 3 is 3.00 bits per heavy atom. The lowest BCUT2D eigenvalue weighted by molar-refractivity contribution is 0.298. The summed E-state index contributed by atoms with van der Waals surface area (Å²) in [4.78, 5) is 0. The maximum Gasteiger partial charge on any atom is 0.0854 e. The minimum absolute atomic E-state index is 0.0776. The highest BCUT2D eigenvalue weighted by Crippen LogP contribution is 2.13. The van der Waals surface area contributed by atoms with Gasteiger partial charge in [0, 0.05) is 18.1 Å². The number of benzene rings is 1. The third-order valence-electron chi connectivity index (χ3n) is 1.98.